The van der Waals surface area contributed by atoms with Gasteiger partial charge in [0.25, 0.3) is 0 Å². The molecule has 26 heavy (non-hydrogen) atoms. The minimum absolute atomic E-state index is 0.110. The summed E-state index contributed by atoms with van der Waals surface area (Å²) in [6.07, 6.45) is 3.52. The lowest BCUT2D eigenvalue weighted by molar-refractivity contribution is 0.274. The van der Waals surface area contributed by atoms with E-state index in [1.807, 2.05) is 19.9 Å². The molecule has 3 heterocycles. The minimum Gasteiger partial charge on any atom is -0.473 e. The molecule has 0 amide bonds. The fraction of sp³-hybridized carbons (Fsp3) is 0.158. The topological polar surface area (TPSA) is 55.2 Å². The van der Waals surface area contributed by atoms with Gasteiger partial charge < -0.3 is 4.74 Å². The number of fused-ring (bicyclic) bond motifs is 1. The molecule has 1 aromatic carbocycles. The molecule has 0 bridgehead atoms. The molecular formula is C19H16F2N4O. The monoisotopic (exact) mass is 354 g/mol. The van der Waals surface area contributed by atoms with E-state index in [-0.39, 0.29) is 12.2 Å². The highest BCUT2D eigenvalue weighted by molar-refractivity contribution is 5.82. The maximum absolute atomic E-state index is 13.8. The van der Waals surface area contributed by atoms with Crippen molar-refractivity contribution in [3.8, 4) is 17.0 Å². The molecule has 0 fully saturated rings. The van der Waals surface area contributed by atoms with Gasteiger partial charge >= 0.3 is 0 Å². The minimum atomic E-state index is -0.635. The van der Waals surface area contributed by atoms with Crippen molar-refractivity contribution in [2.75, 3.05) is 0 Å². The van der Waals surface area contributed by atoms with Crippen molar-refractivity contribution in [3.63, 3.8) is 0 Å². The van der Waals surface area contributed by atoms with Gasteiger partial charge in [0.15, 0.2) is 0 Å². The van der Waals surface area contributed by atoms with E-state index in [1.54, 1.807) is 23.0 Å². The number of aromatic amines is 1. The van der Waals surface area contributed by atoms with Gasteiger partial charge in [-0.3, -0.25) is 5.10 Å². The summed E-state index contributed by atoms with van der Waals surface area (Å²) in [4.78, 5) is 0. The number of nitrogens with zero attached hydrogens (tertiary/aromatic N) is 3. The Hall–Kier alpha value is -3.22. The van der Waals surface area contributed by atoms with Crippen molar-refractivity contribution in [2.45, 2.75) is 20.5 Å². The van der Waals surface area contributed by atoms with Crippen LogP contribution in [0.4, 0.5) is 8.78 Å². The summed E-state index contributed by atoms with van der Waals surface area (Å²) in [5.74, 6) is -0.852. The van der Waals surface area contributed by atoms with E-state index in [2.05, 4.69) is 15.3 Å². The number of ether oxygens (including phenoxy) is 1. The second-order valence-electron chi connectivity index (χ2n) is 6.10. The first-order chi connectivity index (χ1) is 12.5. The van der Waals surface area contributed by atoms with Gasteiger partial charge in [-0.1, -0.05) is 6.07 Å². The molecule has 3 aromatic heterocycles. The zero-order valence-electron chi connectivity index (χ0n) is 14.3. The number of hydrogen-bond acceptors (Lipinski definition) is 3. The molecule has 4 aromatic rings. The number of aromatic nitrogens is 4. The fourth-order valence-electron chi connectivity index (χ4n) is 3.02. The van der Waals surface area contributed by atoms with Gasteiger partial charge in [-0.15, -0.1) is 0 Å². The van der Waals surface area contributed by atoms with Gasteiger partial charge in [0, 0.05) is 23.4 Å². The normalized spacial score (nSPS) is 11.2. The van der Waals surface area contributed by atoms with E-state index in [4.69, 9.17) is 4.74 Å². The van der Waals surface area contributed by atoms with Crippen LogP contribution in [0.15, 0.2) is 42.7 Å². The average molecular weight is 354 g/mol. The summed E-state index contributed by atoms with van der Waals surface area (Å²) in [5.41, 5.74) is 4.33. The van der Waals surface area contributed by atoms with Gasteiger partial charge in [0.2, 0.25) is 5.88 Å². The van der Waals surface area contributed by atoms with Crippen LogP contribution in [-0.2, 0) is 6.61 Å². The number of benzene rings is 1. The predicted octanol–water partition coefficient (Wildman–Crippen LogP) is 4.20. The lowest BCUT2D eigenvalue weighted by Crippen LogP contribution is -2.05. The maximum Gasteiger partial charge on any atom is 0.215 e. The summed E-state index contributed by atoms with van der Waals surface area (Å²) < 4.78 is 35.1. The van der Waals surface area contributed by atoms with Crippen molar-refractivity contribution in [1.82, 2.24) is 19.8 Å². The van der Waals surface area contributed by atoms with E-state index in [1.165, 1.54) is 18.2 Å². The van der Waals surface area contributed by atoms with Crippen molar-refractivity contribution in [3.05, 3.63) is 71.2 Å². The molecule has 0 saturated carbocycles. The second kappa shape index (κ2) is 6.25. The summed E-state index contributed by atoms with van der Waals surface area (Å²) in [6.45, 7) is 3.60. The highest BCUT2D eigenvalue weighted by Crippen LogP contribution is 2.31. The summed E-state index contributed by atoms with van der Waals surface area (Å²) in [7, 11) is 0. The van der Waals surface area contributed by atoms with Crippen LogP contribution in [-0.4, -0.2) is 19.8 Å². The molecule has 5 nitrogen and oxygen atoms in total. The number of hydrogen-bond donors (Lipinski definition) is 1. The fourth-order valence-corrected chi connectivity index (χ4v) is 3.02. The van der Waals surface area contributed by atoms with Gasteiger partial charge in [-0.2, -0.15) is 10.2 Å². The van der Waals surface area contributed by atoms with Crippen LogP contribution >= 0.6 is 0 Å². The van der Waals surface area contributed by atoms with E-state index >= 15 is 0 Å². The van der Waals surface area contributed by atoms with Crippen molar-refractivity contribution in [2.24, 2.45) is 0 Å². The van der Waals surface area contributed by atoms with Crippen LogP contribution < -0.4 is 4.74 Å². The largest absolute Gasteiger partial charge is 0.473 e. The molecule has 0 aliphatic heterocycles. The van der Waals surface area contributed by atoms with Gasteiger partial charge in [-0.25, -0.2) is 13.3 Å². The van der Waals surface area contributed by atoms with E-state index in [0.717, 1.165) is 27.9 Å². The molecule has 0 aliphatic rings. The van der Waals surface area contributed by atoms with E-state index in [9.17, 15) is 8.78 Å². The molecule has 0 unspecified atom stereocenters. The first kappa shape index (κ1) is 16.3. The molecule has 0 atom stereocenters. The number of aryl methyl sites for hydroxylation is 2. The molecule has 4 rings (SSSR count). The SMILES string of the molecule is Cc1cc(OCc2c(F)cccc2F)n2nc(C)c(-c3cn[nH]c3)c2c1. The third-order valence-electron chi connectivity index (χ3n) is 4.23. The van der Waals surface area contributed by atoms with Crippen molar-refractivity contribution >= 4 is 5.52 Å². The second-order valence-corrected chi connectivity index (χ2v) is 6.10. The molecule has 0 spiro atoms. The number of pyridine rings is 1. The van der Waals surface area contributed by atoms with Crippen LogP contribution in [0.3, 0.4) is 0 Å². The molecule has 7 heteroatoms. The molecule has 132 valence electrons. The van der Waals surface area contributed by atoms with Crippen LogP contribution in [0.1, 0.15) is 16.8 Å². The summed E-state index contributed by atoms with van der Waals surface area (Å²) in [6, 6.07) is 7.52. The van der Waals surface area contributed by atoms with Crippen molar-refractivity contribution in [1.29, 1.82) is 0 Å². The van der Waals surface area contributed by atoms with Crippen LogP contribution in [0.2, 0.25) is 0 Å². The molecule has 0 saturated heterocycles. The average Bonchev–Trinajstić information content (AvgIpc) is 3.21. The summed E-state index contributed by atoms with van der Waals surface area (Å²) in [5, 5.41) is 11.3. The zero-order chi connectivity index (χ0) is 18.3. The first-order valence-corrected chi connectivity index (χ1v) is 8.09. The van der Waals surface area contributed by atoms with Gasteiger partial charge in [0.1, 0.15) is 18.2 Å². The molecular weight excluding hydrogens is 338 g/mol. The van der Waals surface area contributed by atoms with Crippen LogP contribution in [0, 0.1) is 25.5 Å². The standard InChI is InChI=1S/C19H16F2N4O/c1-11-6-17-19(13-8-22-23-9-13)12(2)24-25(17)18(7-11)26-10-14-15(20)4-3-5-16(14)21/h3-9H,10H2,1-2H3,(H,22,23). The van der Waals surface area contributed by atoms with Crippen LogP contribution in [0.25, 0.3) is 16.6 Å². The first-order valence-electron chi connectivity index (χ1n) is 8.09. The molecule has 0 radical (unpaired) electrons. The Morgan fingerprint density at radius 3 is 2.62 bits per heavy atom. The zero-order valence-corrected chi connectivity index (χ0v) is 14.3. The lowest BCUT2D eigenvalue weighted by Gasteiger charge is -2.11. The molecule has 1 N–H and O–H groups in total. The van der Waals surface area contributed by atoms with Gasteiger partial charge in [-0.05, 0) is 37.6 Å². The van der Waals surface area contributed by atoms with Crippen molar-refractivity contribution < 1.29 is 13.5 Å². The number of halogens is 2. The lowest BCUT2D eigenvalue weighted by atomic mass is 10.1. The predicted molar refractivity (Wildman–Crippen MR) is 92.9 cm³/mol. The Morgan fingerprint density at radius 2 is 1.92 bits per heavy atom. The Bertz CT molecular complexity index is 1070. The highest BCUT2D eigenvalue weighted by Gasteiger charge is 2.17. The van der Waals surface area contributed by atoms with Crippen LogP contribution in [0.5, 0.6) is 5.88 Å². The smallest absolute Gasteiger partial charge is 0.215 e. The Labute approximate surface area is 148 Å². The Kier molecular flexibility index (Phi) is 3.91. The third kappa shape index (κ3) is 2.71. The number of H-pyrrole nitrogens is 1. The Balaban J connectivity index is 1.78. The quantitative estimate of drug-likeness (QED) is 0.598. The number of nitrogens with one attached hydrogen (secondary N) is 1. The third-order valence-corrected chi connectivity index (χ3v) is 4.23. The summed E-state index contributed by atoms with van der Waals surface area (Å²) >= 11 is 0. The van der Waals surface area contributed by atoms with E-state index < -0.39 is 11.6 Å². The van der Waals surface area contributed by atoms with E-state index in [0.29, 0.717) is 5.88 Å². The number of rotatable bonds is 4. The van der Waals surface area contributed by atoms with Gasteiger partial charge in [0.05, 0.1) is 23.0 Å². The highest BCUT2D eigenvalue weighted by atomic mass is 19.1. The molecule has 0 aliphatic carbocycles. The Morgan fingerprint density at radius 1 is 1.15 bits per heavy atom. The maximum atomic E-state index is 13.8.